The average Bonchev–Trinajstić information content (AvgIpc) is 3.12. The first-order valence-corrected chi connectivity index (χ1v) is 11.1. The Bertz CT molecular complexity index is 810. The standard InChI is InChI=1S/C19H30N4O4S/c1-4-23-9-5-6-16(23)11-20-18(24)12-21-19(25)13-22-28(26,27)17-8-7-14(2)15(3)10-17/h7-8,10,16,22H,4-6,9,11-13H2,1-3H3,(H,20,24)(H,21,25)/t16-/m0/s1. The lowest BCUT2D eigenvalue weighted by Gasteiger charge is -2.22. The van der Waals surface area contributed by atoms with Gasteiger partial charge in [0.1, 0.15) is 0 Å². The number of nitrogens with zero attached hydrogens (tertiary/aromatic N) is 1. The Labute approximate surface area is 167 Å². The van der Waals surface area contributed by atoms with Gasteiger partial charge in [-0.3, -0.25) is 14.5 Å². The number of aryl methyl sites for hydroxylation is 2. The zero-order chi connectivity index (χ0) is 20.7. The summed E-state index contributed by atoms with van der Waals surface area (Å²) in [5, 5.41) is 5.26. The second kappa shape index (κ2) is 9.99. The van der Waals surface area contributed by atoms with Crippen LogP contribution in [-0.2, 0) is 19.6 Å². The lowest BCUT2D eigenvalue weighted by molar-refractivity contribution is -0.125. The van der Waals surface area contributed by atoms with E-state index in [1.165, 1.54) is 6.07 Å². The highest BCUT2D eigenvalue weighted by molar-refractivity contribution is 7.89. The van der Waals surface area contributed by atoms with E-state index in [-0.39, 0.29) is 17.3 Å². The second-order valence-corrected chi connectivity index (χ2v) is 8.84. The fourth-order valence-corrected chi connectivity index (χ4v) is 4.27. The summed E-state index contributed by atoms with van der Waals surface area (Å²) in [5.41, 5.74) is 1.84. The van der Waals surface area contributed by atoms with Gasteiger partial charge in [-0.15, -0.1) is 0 Å². The fraction of sp³-hybridized carbons (Fsp3) is 0.579. The van der Waals surface area contributed by atoms with Crippen molar-refractivity contribution in [2.24, 2.45) is 0 Å². The number of carbonyl (C=O) groups excluding carboxylic acids is 2. The van der Waals surface area contributed by atoms with Crippen molar-refractivity contribution in [3.63, 3.8) is 0 Å². The van der Waals surface area contributed by atoms with E-state index in [0.717, 1.165) is 37.1 Å². The average molecular weight is 411 g/mol. The number of nitrogens with one attached hydrogen (secondary N) is 3. The van der Waals surface area contributed by atoms with Gasteiger partial charge in [0.2, 0.25) is 21.8 Å². The molecule has 0 radical (unpaired) electrons. The van der Waals surface area contributed by atoms with Crippen molar-refractivity contribution in [3.05, 3.63) is 29.3 Å². The van der Waals surface area contributed by atoms with Gasteiger partial charge < -0.3 is 10.6 Å². The molecule has 1 fully saturated rings. The van der Waals surface area contributed by atoms with Crippen LogP contribution in [0.25, 0.3) is 0 Å². The van der Waals surface area contributed by atoms with Crippen molar-refractivity contribution < 1.29 is 18.0 Å². The Hall–Kier alpha value is -1.97. The topological polar surface area (TPSA) is 108 Å². The Morgan fingerprint density at radius 3 is 2.50 bits per heavy atom. The highest BCUT2D eigenvalue weighted by Gasteiger charge is 2.23. The number of sulfonamides is 1. The van der Waals surface area contributed by atoms with Crippen LogP contribution in [0.4, 0.5) is 0 Å². The molecule has 1 aliphatic heterocycles. The third kappa shape index (κ3) is 6.29. The molecule has 9 heteroatoms. The molecule has 156 valence electrons. The van der Waals surface area contributed by atoms with Crippen molar-refractivity contribution in [2.75, 3.05) is 32.7 Å². The number of amides is 2. The second-order valence-electron chi connectivity index (χ2n) is 7.08. The van der Waals surface area contributed by atoms with Gasteiger partial charge in [-0.05, 0) is 63.0 Å². The summed E-state index contributed by atoms with van der Waals surface area (Å²) in [6, 6.07) is 5.12. The highest BCUT2D eigenvalue weighted by Crippen LogP contribution is 2.15. The van der Waals surface area contributed by atoms with Crippen LogP contribution in [0.2, 0.25) is 0 Å². The van der Waals surface area contributed by atoms with Gasteiger partial charge in [-0.1, -0.05) is 13.0 Å². The van der Waals surface area contributed by atoms with Crippen molar-refractivity contribution in [3.8, 4) is 0 Å². The maximum Gasteiger partial charge on any atom is 0.241 e. The predicted molar refractivity (Wildman–Crippen MR) is 107 cm³/mol. The van der Waals surface area contributed by atoms with Gasteiger partial charge in [-0.25, -0.2) is 13.1 Å². The van der Waals surface area contributed by atoms with E-state index in [0.29, 0.717) is 12.6 Å². The van der Waals surface area contributed by atoms with Gasteiger partial charge in [0.15, 0.2) is 0 Å². The number of likely N-dealkylation sites (N-methyl/N-ethyl adjacent to an activating group) is 1. The lowest BCUT2D eigenvalue weighted by Crippen LogP contribution is -2.45. The minimum Gasteiger partial charge on any atom is -0.353 e. The molecule has 8 nitrogen and oxygen atoms in total. The van der Waals surface area contributed by atoms with Crippen molar-refractivity contribution in [1.29, 1.82) is 0 Å². The fourth-order valence-electron chi connectivity index (χ4n) is 3.20. The zero-order valence-corrected chi connectivity index (χ0v) is 17.6. The van der Waals surface area contributed by atoms with E-state index in [1.807, 2.05) is 13.8 Å². The first-order chi connectivity index (χ1) is 13.2. The van der Waals surface area contributed by atoms with E-state index >= 15 is 0 Å². The van der Waals surface area contributed by atoms with E-state index in [1.54, 1.807) is 12.1 Å². The summed E-state index contributed by atoms with van der Waals surface area (Å²) in [6.07, 6.45) is 2.19. The quantitative estimate of drug-likeness (QED) is 0.543. The van der Waals surface area contributed by atoms with Crippen LogP contribution in [0.1, 0.15) is 30.9 Å². The summed E-state index contributed by atoms with van der Waals surface area (Å²) in [6.45, 7) is 7.78. The number of hydrogen-bond donors (Lipinski definition) is 3. The molecule has 28 heavy (non-hydrogen) atoms. The molecule has 3 N–H and O–H groups in total. The number of benzene rings is 1. The first-order valence-electron chi connectivity index (χ1n) is 9.57. The molecule has 1 atom stereocenters. The molecule has 0 aliphatic carbocycles. The van der Waals surface area contributed by atoms with E-state index < -0.39 is 22.5 Å². The summed E-state index contributed by atoms with van der Waals surface area (Å²) in [4.78, 5) is 26.2. The molecule has 1 heterocycles. The lowest BCUT2D eigenvalue weighted by atomic mass is 10.1. The Morgan fingerprint density at radius 1 is 1.11 bits per heavy atom. The van der Waals surface area contributed by atoms with Gasteiger partial charge in [0.05, 0.1) is 18.0 Å². The Balaban J connectivity index is 1.73. The van der Waals surface area contributed by atoms with Gasteiger partial charge in [0, 0.05) is 12.6 Å². The molecule has 1 saturated heterocycles. The Morgan fingerprint density at radius 2 is 1.82 bits per heavy atom. The molecule has 0 unspecified atom stereocenters. The maximum atomic E-state index is 12.3. The van der Waals surface area contributed by atoms with Crippen molar-refractivity contribution in [1.82, 2.24) is 20.3 Å². The molecular weight excluding hydrogens is 380 g/mol. The van der Waals surface area contributed by atoms with Crippen molar-refractivity contribution in [2.45, 2.75) is 44.6 Å². The van der Waals surface area contributed by atoms with Gasteiger partial charge >= 0.3 is 0 Å². The molecule has 0 spiro atoms. The van der Waals surface area contributed by atoms with Gasteiger partial charge in [0.25, 0.3) is 0 Å². The van der Waals surface area contributed by atoms with Crippen molar-refractivity contribution >= 4 is 21.8 Å². The van der Waals surface area contributed by atoms with Crippen LogP contribution in [0, 0.1) is 13.8 Å². The monoisotopic (exact) mass is 410 g/mol. The third-order valence-electron chi connectivity index (χ3n) is 5.10. The molecule has 2 amide bonds. The van der Waals surface area contributed by atoms with Gasteiger partial charge in [-0.2, -0.15) is 0 Å². The normalized spacial score (nSPS) is 17.5. The number of carbonyl (C=O) groups is 2. The predicted octanol–water partition coefficient (Wildman–Crippen LogP) is 0.298. The molecule has 0 aromatic heterocycles. The van der Waals surface area contributed by atoms with Crippen LogP contribution in [0.15, 0.2) is 23.1 Å². The van der Waals surface area contributed by atoms with Crippen LogP contribution >= 0.6 is 0 Å². The first kappa shape index (κ1) is 22.3. The molecule has 1 aromatic rings. The number of hydrogen-bond acceptors (Lipinski definition) is 5. The minimum absolute atomic E-state index is 0.109. The molecule has 1 aromatic carbocycles. The summed E-state index contributed by atoms with van der Waals surface area (Å²) in [7, 11) is -3.78. The van der Waals surface area contributed by atoms with Crippen LogP contribution < -0.4 is 15.4 Å². The van der Waals surface area contributed by atoms with E-state index in [9.17, 15) is 18.0 Å². The Kier molecular flexibility index (Phi) is 7.97. The third-order valence-corrected chi connectivity index (χ3v) is 6.50. The smallest absolute Gasteiger partial charge is 0.241 e. The SMILES string of the molecule is CCN1CCC[C@H]1CNC(=O)CNC(=O)CNS(=O)(=O)c1ccc(C)c(C)c1. The van der Waals surface area contributed by atoms with E-state index in [2.05, 4.69) is 27.2 Å². The largest absolute Gasteiger partial charge is 0.353 e. The minimum atomic E-state index is -3.78. The van der Waals surface area contributed by atoms with E-state index in [4.69, 9.17) is 0 Å². The van der Waals surface area contributed by atoms with Crippen LogP contribution in [0.5, 0.6) is 0 Å². The molecular formula is C19H30N4O4S. The van der Waals surface area contributed by atoms with Crippen LogP contribution in [0.3, 0.4) is 0 Å². The summed E-state index contributed by atoms with van der Waals surface area (Å²) >= 11 is 0. The molecule has 0 bridgehead atoms. The number of likely N-dealkylation sites (tertiary alicyclic amines) is 1. The summed E-state index contributed by atoms with van der Waals surface area (Å²) < 4.78 is 26.8. The number of rotatable bonds is 9. The molecule has 1 aliphatic rings. The maximum absolute atomic E-state index is 12.3. The molecule has 0 saturated carbocycles. The highest BCUT2D eigenvalue weighted by atomic mass is 32.2. The van der Waals surface area contributed by atoms with Crippen LogP contribution in [-0.4, -0.2) is 63.9 Å². The zero-order valence-electron chi connectivity index (χ0n) is 16.7. The summed E-state index contributed by atoms with van der Waals surface area (Å²) in [5.74, 6) is -0.841. The molecule has 2 rings (SSSR count).